The number of ether oxygens (including phenoxy) is 1. The maximum atomic E-state index is 11.9. The summed E-state index contributed by atoms with van der Waals surface area (Å²) in [5, 5.41) is 3.46. The molecule has 1 unspecified atom stereocenters. The fourth-order valence-corrected chi connectivity index (χ4v) is 2.55. The Hall–Kier alpha value is -0.610. The number of morpholine rings is 1. The summed E-state index contributed by atoms with van der Waals surface area (Å²) in [4.78, 5) is 13.9. The van der Waals surface area contributed by atoms with Crippen LogP contribution in [0.25, 0.3) is 0 Å². The Kier molecular flexibility index (Phi) is 9.67. The van der Waals surface area contributed by atoms with E-state index in [0.717, 1.165) is 19.6 Å². The van der Waals surface area contributed by atoms with Crippen LogP contribution in [0.3, 0.4) is 0 Å². The van der Waals surface area contributed by atoms with Crippen LogP contribution in [0, 0.1) is 0 Å². The first kappa shape index (κ1) is 17.4. The molecule has 4 heteroatoms. The van der Waals surface area contributed by atoms with Crippen molar-refractivity contribution in [2.24, 2.45) is 0 Å². The molecule has 20 heavy (non-hydrogen) atoms. The number of nitrogens with zero attached hydrogens (tertiary/aromatic N) is 1. The first-order chi connectivity index (χ1) is 9.74. The van der Waals surface area contributed by atoms with E-state index in [9.17, 15) is 4.79 Å². The molecule has 1 heterocycles. The van der Waals surface area contributed by atoms with E-state index in [2.05, 4.69) is 19.2 Å². The van der Waals surface area contributed by atoms with Crippen LogP contribution >= 0.6 is 0 Å². The lowest BCUT2D eigenvalue weighted by Crippen LogP contribution is -2.42. The lowest BCUT2D eigenvalue weighted by atomic mass is 10.1. The molecule has 0 saturated carbocycles. The predicted octanol–water partition coefficient (Wildman–Crippen LogP) is 2.57. The van der Waals surface area contributed by atoms with Gasteiger partial charge in [0.25, 0.3) is 0 Å². The van der Waals surface area contributed by atoms with Gasteiger partial charge >= 0.3 is 0 Å². The van der Waals surface area contributed by atoms with E-state index in [1.807, 2.05) is 4.90 Å². The van der Waals surface area contributed by atoms with Gasteiger partial charge in [0, 0.05) is 32.1 Å². The zero-order valence-corrected chi connectivity index (χ0v) is 13.3. The van der Waals surface area contributed by atoms with Crippen LogP contribution in [0.2, 0.25) is 0 Å². The summed E-state index contributed by atoms with van der Waals surface area (Å²) < 4.78 is 5.26. The lowest BCUT2D eigenvalue weighted by molar-refractivity contribution is -0.135. The second-order valence-electron chi connectivity index (χ2n) is 5.80. The van der Waals surface area contributed by atoms with Gasteiger partial charge in [0.05, 0.1) is 13.2 Å². The average molecular weight is 284 g/mol. The van der Waals surface area contributed by atoms with Crippen molar-refractivity contribution in [1.29, 1.82) is 0 Å². The molecule has 0 aliphatic carbocycles. The highest BCUT2D eigenvalue weighted by Crippen LogP contribution is 2.07. The minimum absolute atomic E-state index is 0.260. The Morgan fingerprint density at radius 3 is 2.60 bits per heavy atom. The Morgan fingerprint density at radius 1 is 1.20 bits per heavy atom. The van der Waals surface area contributed by atoms with Gasteiger partial charge in [-0.05, 0) is 13.3 Å². The first-order valence-electron chi connectivity index (χ1n) is 8.33. The third-order valence-corrected chi connectivity index (χ3v) is 3.94. The van der Waals surface area contributed by atoms with E-state index in [0.29, 0.717) is 25.7 Å². The monoisotopic (exact) mass is 284 g/mol. The van der Waals surface area contributed by atoms with Gasteiger partial charge in [-0.25, -0.2) is 0 Å². The summed E-state index contributed by atoms with van der Waals surface area (Å²) in [6.45, 7) is 8.15. The lowest BCUT2D eigenvalue weighted by Gasteiger charge is -2.27. The Labute approximate surface area is 124 Å². The van der Waals surface area contributed by atoms with Gasteiger partial charge in [0.2, 0.25) is 5.91 Å². The maximum absolute atomic E-state index is 11.9. The first-order valence-corrected chi connectivity index (χ1v) is 8.33. The van der Waals surface area contributed by atoms with Crippen LogP contribution in [-0.4, -0.2) is 49.7 Å². The van der Waals surface area contributed by atoms with E-state index in [-0.39, 0.29) is 5.91 Å². The molecule has 0 aromatic rings. The largest absolute Gasteiger partial charge is 0.378 e. The van der Waals surface area contributed by atoms with E-state index in [1.165, 1.54) is 38.5 Å². The molecule has 0 aromatic carbocycles. The van der Waals surface area contributed by atoms with E-state index < -0.39 is 0 Å². The number of carbonyl (C=O) groups is 1. The fraction of sp³-hybridized carbons (Fsp3) is 0.938. The maximum Gasteiger partial charge on any atom is 0.224 e. The summed E-state index contributed by atoms with van der Waals surface area (Å²) in [6, 6.07) is 0.522. The van der Waals surface area contributed by atoms with Crippen LogP contribution in [-0.2, 0) is 9.53 Å². The molecule has 4 nitrogen and oxygen atoms in total. The molecule has 0 radical (unpaired) electrons. The van der Waals surface area contributed by atoms with E-state index >= 15 is 0 Å². The third-order valence-electron chi connectivity index (χ3n) is 3.94. The van der Waals surface area contributed by atoms with Crippen molar-refractivity contribution < 1.29 is 9.53 Å². The number of hydrogen-bond donors (Lipinski definition) is 1. The highest BCUT2D eigenvalue weighted by molar-refractivity contribution is 5.76. The van der Waals surface area contributed by atoms with Crippen molar-refractivity contribution in [2.45, 2.75) is 64.8 Å². The molecule has 0 aromatic heterocycles. The van der Waals surface area contributed by atoms with E-state index in [4.69, 9.17) is 4.74 Å². The SMILES string of the molecule is CCCCCCCC(C)NCCC(=O)N1CCOCC1. The van der Waals surface area contributed by atoms with Gasteiger partial charge in [-0.15, -0.1) is 0 Å². The molecular weight excluding hydrogens is 252 g/mol. The number of hydrogen-bond acceptors (Lipinski definition) is 3. The molecule has 1 atom stereocenters. The van der Waals surface area contributed by atoms with Gasteiger partial charge in [-0.2, -0.15) is 0 Å². The summed E-state index contributed by atoms with van der Waals surface area (Å²) in [5.41, 5.74) is 0. The molecule has 1 aliphatic heterocycles. The molecule has 1 fully saturated rings. The van der Waals surface area contributed by atoms with Crippen molar-refractivity contribution in [1.82, 2.24) is 10.2 Å². The van der Waals surface area contributed by atoms with Gasteiger partial charge < -0.3 is 15.0 Å². The molecule has 1 aliphatic rings. The molecule has 1 amide bonds. The van der Waals surface area contributed by atoms with Crippen LogP contribution in [0.4, 0.5) is 0 Å². The molecule has 0 spiro atoms. The van der Waals surface area contributed by atoms with Crippen LogP contribution in [0.15, 0.2) is 0 Å². The zero-order valence-electron chi connectivity index (χ0n) is 13.3. The van der Waals surface area contributed by atoms with Crippen molar-refractivity contribution in [3.8, 4) is 0 Å². The molecule has 1 rings (SSSR count). The number of amides is 1. The predicted molar refractivity (Wildman–Crippen MR) is 82.9 cm³/mol. The van der Waals surface area contributed by atoms with Gasteiger partial charge in [-0.3, -0.25) is 4.79 Å². The van der Waals surface area contributed by atoms with Gasteiger partial charge in [0.1, 0.15) is 0 Å². The average Bonchev–Trinajstić information content (AvgIpc) is 2.48. The fourth-order valence-electron chi connectivity index (χ4n) is 2.55. The summed E-state index contributed by atoms with van der Waals surface area (Å²) in [7, 11) is 0. The topological polar surface area (TPSA) is 41.6 Å². The van der Waals surface area contributed by atoms with Crippen LogP contribution in [0.1, 0.15) is 58.8 Å². The Morgan fingerprint density at radius 2 is 1.90 bits per heavy atom. The normalized spacial score (nSPS) is 17.2. The van der Waals surface area contributed by atoms with Gasteiger partial charge in [0.15, 0.2) is 0 Å². The number of nitrogens with one attached hydrogen (secondary N) is 1. The van der Waals surface area contributed by atoms with E-state index in [1.54, 1.807) is 0 Å². The molecular formula is C16H32N2O2. The quantitative estimate of drug-likeness (QED) is 0.627. The highest BCUT2D eigenvalue weighted by Gasteiger charge is 2.16. The molecule has 0 bridgehead atoms. The highest BCUT2D eigenvalue weighted by atomic mass is 16.5. The standard InChI is InChI=1S/C16H32N2O2/c1-3-4-5-6-7-8-15(2)17-10-9-16(19)18-11-13-20-14-12-18/h15,17H,3-14H2,1-2H3. The van der Waals surface area contributed by atoms with Crippen molar-refractivity contribution in [3.63, 3.8) is 0 Å². The smallest absolute Gasteiger partial charge is 0.224 e. The minimum Gasteiger partial charge on any atom is -0.378 e. The van der Waals surface area contributed by atoms with Crippen molar-refractivity contribution in [2.75, 3.05) is 32.8 Å². The van der Waals surface area contributed by atoms with Crippen molar-refractivity contribution in [3.05, 3.63) is 0 Å². The van der Waals surface area contributed by atoms with Gasteiger partial charge in [-0.1, -0.05) is 39.0 Å². The summed E-state index contributed by atoms with van der Waals surface area (Å²) in [6.07, 6.45) is 8.49. The zero-order chi connectivity index (χ0) is 14.6. The van der Waals surface area contributed by atoms with Crippen LogP contribution in [0.5, 0.6) is 0 Å². The second kappa shape index (κ2) is 11.1. The summed E-state index contributed by atoms with van der Waals surface area (Å²) in [5.74, 6) is 0.260. The third kappa shape index (κ3) is 7.85. The minimum atomic E-state index is 0.260. The molecule has 1 saturated heterocycles. The Balaban J connectivity index is 1.97. The van der Waals surface area contributed by atoms with Crippen molar-refractivity contribution >= 4 is 5.91 Å². The second-order valence-corrected chi connectivity index (χ2v) is 5.80. The molecule has 118 valence electrons. The number of unbranched alkanes of at least 4 members (excludes halogenated alkanes) is 4. The summed E-state index contributed by atoms with van der Waals surface area (Å²) >= 11 is 0. The van der Waals surface area contributed by atoms with Crippen LogP contribution < -0.4 is 5.32 Å². The Bertz CT molecular complexity index is 253. The number of carbonyl (C=O) groups excluding carboxylic acids is 1. The number of rotatable bonds is 10. The molecule has 1 N–H and O–H groups in total.